The molecule has 0 bridgehead atoms. The molecule has 4 heteroatoms. The first kappa shape index (κ1) is 39.0. The largest absolute Gasteiger partial charge is 0.379 e. The Morgan fingerprint density at radius 2 is 1.02 bits per heavy atom. The summed E-state index contributed by atoms with van der Waals surface area (Å²) < 4.78 is 18.8. The molecule has 2 aliphatic heterocycles. The molecule has 0 aromatic carbocycles. The lowest BCUT2D eigenvalue weighted by atomic mass is 9.90. The molecule has 2 saturated heterocycles. The predicted octanol–water partition coefficient (Wildman–Crippen LogP) is 11.6. The van der Waals surface area contributed by atoms with Crippen molar-refractivity contribution in [3.05, 3.63) is 0 Å². The van der Waals surface area contributed by atoms with Gasteiger partial charge in [-0.2, -0.15) is 0 Å². The molecule has 43 heavy (non-hydrogen) atoms. The van der Waals surface area contributed by atoms with Crippen molar-refractivity contribution < 1.29 is 14.2 Å². The highest BCUT2D eigenvalue weighted by atomic mass is 16.7. The molecule has 2 rings (SSSR count). The van der Waals surface area contributed by atoms with Crippen molar-refractivity contribution in [2.24, 2.45) is 5.92 Å². The average Bonchev–Trinajstić information content (AvgIpc) is 3.44. The summed E-state index contributed by atoms with van der Waals surface area (Å²) in [6, 6.07) is 0. The van der Waals surface area contributed by atoms with Crippen LogP contribution >= 0.6 is 0 Å². The summed E-state index contributed by atoms with van der Waals surface area (Å²) in [6.07, 6.45) is 37.1. The number of morpholine rings is 1. The van der Waals surface area contributed by atoms with Crippen molar-refractivity contribution >= 4 is 0 Å². The molecule has 2 atom stereocenters. The topological polar surface area (TPSA) is 30.9 Å². The van der Waals surface area contributed by atoms with Gasteiger partial charge < -0.3 is 14.2 Å². The van der Waals surface area contributed by atoms with Crippen LogP contribution in [0.3, 0.4) is 0 Å². The third-order valence-corrected chi connectivity index (χ3v) is 10.3. The summed E-state index contributed by atoms with van der Waals surface area (Å²) >= 11 is 0. The van der Waals surface area contributed by atoms with Crippen molar-refractivity contribution in [3.8, 4) is 0 Å². The van der Waals surface area contributed by atoms with E-state index < -0.39 is 0 Å². The summed E-state index contributed by atoms with van der Waals surface area (Å²) in [5, 5.41) is 0. The quantitative estimate of drug-likeness (QED) is 0.0760. The number of rotatable bonds is 30. The Kier molecular flexibility index (Phi) is 24.5. The number of unbranched alkanes of at least 4 members (excludes halogenated alkanes) is 17. The van der Waals surface area contributed by atoms with Gasteiger partial charge in [0, 0.05) is 32.5 Å². The molecule has 0 aromatic heterocycles. The van der Waals surface area contributed by atoms with Gasteiger partial charge in [0.1, 0.15) is 0 Å². The number of nitrogens with zero attached hydrogens (tertiary/aromatic N) is 1. The van der Waals surface area contributed by atoms with Crippen LogP contribution in [0.15, 0.2) is 0 Å². The van der Waals surface area contributed by atoms with Crippen LogP contribution in [-0.4, -0.2) is 56.2 Å². The van der Waals surface area contributed by atoms with E-state index in [-0.39, 0.29) is 11.9 Å². The number of hydrogen-bond donors (Lipinski definition) is 0. The lowest BCUT2D eigenvalue weighted by Crippen LogP contribution is -2.38. The van der Waals surface area contributed by atoms with Crippen LogP contribution in [0.4, 0.5) is 0 Å². The lowest BCUT2D eigenvalue weighted by Gasteiger charge is -2.30. The number of hydrogen-bond acceptors (Lipinski definition) is 4. The maximum atomic E-state index is 6.76. The molecule has 0 amide bonds. The maximum absolute atomic E-state index is 6.76. The van der Waals surface area contributed by atoms with E-state index in [1.165, 1.54) is 154 Å². The van der Waals surface area contributed by atoms with E-state index in [0.717, 1.165) is 64.6 Å². The third kappa shape index (κ3) is 19.9. The Balaban J connectivity index is 1.59. The fourth-order valence-electron chi connectivity index (χ4n) is 7.34. The van der Waals surface area contributed by atoms with E-state index in [1.54, 1.807) is 0 Å². The summed E-state index contributed by atoms with van der Waals surface area (Å²) in [4.78, 5) is 2.53. The zero-order chi connectivity index (χ0) is 30.7. The summed E-state index contributed by atoms with van der Waals surface area (Å²) in [5.41, 5.74) is 0. The second kappa shape index (κ2) is 27.0. The first-order valence-corrected chi connectivity index (χ1v) is 19.8. The fraction of sp³-hybridized carbons (Fsp3) is 1.00. The number of ether oxygens (including phenoxy) is 3. The van der Waals surface area contributed by atoms with Crippen LogP contribution in [0.2, 0.25) is 0 Å². The van der Waals surface area contributed by atoms with Gasteiger partial charge in [-0.05, 0) is 25.2 Å². The van der Waals surface area contributed by atoms with Gasteiger partial charge in [0.2, 0.25) is 0 Å². The normalized spacial score (nSPS) is 21.3. The minimum atomic E-state index is -0.302. The Hall–Kier alpha value is -0.160. The molecular formula is C39H77NO3. The van der Waals surface area contributed by atoms with Crippen molar-refractivity contribution in [2.45, 2.75) is 206 Å². The lowest BCUT2D eigenvalue weighted by molar-refractivity contribution is -0.180. The van der Waals surface area contributed by atoms with Crippen LogP contribution in [-0.2, 0) is 14.2 Å². The fourth-order valence-corrected chi connectivity index (χ4v) is 7.34. The second-order valence-corrected chi connectivity index (χ2v) is 14.3. The second-order valence-electron chi connectivity index (χ2n) is 14.3. The molecule has 2 unspecified atom stereocenters. The standard InChI is InChI=1S/C39H77NO3/c1-4-7-10-11-15-18-23-29-39(42-36-38(43-39)28-31-40-32-34-41-35-33-40)30-24-19-16-13-12-14-17-22-27-37(25-20-8-5-2)26-21-9-6-3/h37-38H,4-36H2,1-3H3. The van der Waals surface area contributed by atoms with E-state index in [0.29, 0.717) is 0 Å². The van der Waals surface area contributed by atoms with Gasteiger partial charge >= 0.3 is 0 Å². The van der Waals surface area contributed by atoms with Gasteiger partial charge in [0.05, 0.1) is 25.9 Å². The van der Waals surface area contributed by atoms with E-state index in [1.807, 2.05) is 0 Å². The van der Waals surface area contributed by atoms with Crippen molar-refractivity contribution in [1.29, 1.82) is 0 Å². The SMILES string of the molecule is CCCCCCCCCC1(CCCCCCCCCCC(CCCCC)CCCCC)OCC(CCN2CCOCC2)O1. The molecule has 2 heterocycles. The Morgan fingerprint density at radius 1 is 0.581 bits per heavy atom. The molecule has 2 aliphatic rings. The molecule has 0 aliphatic carbocycles. The van der Waals surface area contributed by atoms with Gasteiger partial charge in [-0.1, -0.05) is 162 Å². The Labute approximate surface area is 270 Å². The summed E-state index contributed by atoms with van der Waals surface area (Å²) in [5.74, 6) is 0.703. The molecule has 4 nitrogen and oxygen atoms in total. The molecule has 0 spiro atoms. The Morgan fingerprint density at radius 3 is 1.56 bits per heavy atom. The van der Waals surface area contributed by atoms with Gasteiger partial charge in [-0.15, -0.1) is 0 Å². The zero-order valence-electron chi connectivity index (χ0n) is 29.7. The van der Waals surface area contributed by atoms with Gasteiger partial charge in [0.15, 0.2) is 5.79 Å². The first-order valence-electron chi connectivity index (χ1n) is 19.8. The Bertz CT molecular complexity index is 585. The van der Waals surface area contributed by atoms with E-state index in [4.69, 9.17) is 14.2 Å². The molecule has 256 valence electrons. The highest BCUT2D eigenvalue weighted by Gasteiger charge is 2.40. The van der Waals surface area contributed by atoms with Crippen molar-refractivity contribution in [2.75, 3.05) is 39.5 Å². The van der Waals surface area contributed by atoms with Crippen LogP contribution in [0, 0.1) is 5.92 Å². The smallest absolute Gasteiger partial charge is 0.168 e. The van der Waals surface area contributed by atoms with E-state index >= 15 is 0 Å². The van der Waals surface area contributed by atoms with Crippen LogP contribution in [0.5, 0.6) is 0 Å². The van der Waals surface area contributed by atoms with Gasteiger partial charge in [-0.3, -0.25) is 4.90 Å². The summed E-state index contributed by atoms with van der Waals surface area (Å²) in [7, 11) is 0. The molecule has 0 N–H and O–H groups in total. The van der Waals surface area contributed by atoms with Crippen molar-refractivity contribution in [3.63, 3.8) is 0 Å². The molecule has 2 fully saturated rings. The molecule has 0 aromatic rings. The third-order valence-electron chi connectivity index (χ3n) is 10.3. The molecule has 0 saturated carbocycles. The van der Waals surface area contributed by atoms with Crippen LogP contribution in [0.25, 0.3) is 0 Å². The molecular weight excluding hydrogens is 530 g/mol. The highest BCUT2D eigenvalue weighted by Crippen LogP contribution is 2.36. The van der Waals surface area contributed by atoms with Gasteiger partial charge in [-0.25, -0.2) is 0 Å². The first-order chi connectivity index (χ1) is 21.2. The monoisotopic (exact) mass is 608 g/mol. The minimum Gasteiger partial charge on any atom is -0.379 e. The minimum absolute atomic E-state index is 0.269. The van der Waals surface area contributed by atoms with Crippen LogP contribution in [0.1, 0.15) is 194 Å². The summed E-state index contributed by atoms with van der Waals surface area (Å²) in [6.45, 7) is 12.8. The zero-order valence-corrected chi connectivity index (χ0v) is 29.7. The van der Waals surface area contributed by atoms with Crippen molar-refractivity contribution in [1.82, 2.24) is 4.90 Å². The van der Waals surface area contributed by atoms with Gasteiger partial charge in [0.25, 0.3) is 0 Å². The maximum Gasteiger partial charge on any atom is 0.168 e. The highest BCUT2D eigenvalue weighted by molar-refractivity contribution is 4.81. The van der Waals surface area contributed by atoms with Crippen LogP contribution < -0.4 is 0 Å². The predicted molar refractivity (Wildman–Crippen MR) is 186 cm³/mol. The molecule has 0 radical (unpaired) electrons. The van der Waals surface area contributed by atoms with E-state index in [2.05, 4.69) is 25.7 Å². The van der Waals surface area contributed by atoms with E-state index in [9.17, 15) is 0 Å². The average molecular weight is 608 g/mol.